The molecule has 10 heteroatoms. The molecule has 0 rings (SSSR count). The zero-order chi connectivity index (χ0) is 46.7. The van der Waals surface area contributed by atoms with Crippen molar-refractivity contribution in [1.82, 2.24) is 0 Å². The fraction of sp³-hybridized carbons (Fsp3) is 0.852. The van der Waals surface area contributed by atoms with E-state index in [9.17, 15) is 19.0 Å². The lowest BCUT2D eigenvalue weighted by molar-refractivity contribution is -0.161. The lowest BCUT2D eigenvalue weighted by atomic mass is 10.0. The number of hydrogen-bond acceptors (Lipinski definition) is 8. The maximum Gasteiger partial charge on any atom is 0.472 e. The van der Waals surface area contributed by atoms with Crippen molar-refractivity contribution in [1.29, 1.82) is 0 Å². The van der Waals surface area contributed by atoms with Crippen molar-refractivity contribution in [3.63, 3.8) is 0 Å². The van der Waals surface area contributed by atoms with Crippen molar-refractivity contribution in [3.8, 4) is 0 Å². The SMILES string of the molecule is CC/C=C\C/C=C\C/C=C\CCCCCCCC(=O)OC(COC(=O)CCCCCCCCCCCCCCCCCCCCCCCCCCCCCC)COP(=O)(O)OCCN. The molecule has 0 aliphatic heterocycles. The summed E-state index contributed by atoms with van der Waals surface area (Å²) in [7, 11) is -4.39. The van der Waals surface area contributed by atoms with Crippen molar-refractivity contribution in [2.75, 3.05) is 26.4 Å². The highest BCUT2D eigenvalue weighted by molar-refractivity contribution is 7.47. The lowest BCUT2D eigenvalue weighted by Crippen LogP contribution is -2.29. The molecular formula is C54H102NO8P. The number of hydrogen-bond donors (Lipinski definition) is 2. The summed E-state index contributed by atoms with van der Waals surface area (Å²) < 4.78 is 32.9. The highest BCUT2D eigenvalue weighted by Gasteiger charge is 2.26. The largest absolute Gasteiger partial charge is 0.472 e. The van der Waals surface area contributed by atoms with E-state index in [1.54, 1.807) is 0 Å². The Balaban J connectivity index is 3.90. The number of nitrogens with two attached hydrogens (primary N) is 1. The van der Waals surface area contributed by atoms with Crippen LogP contribution in [0.1, 0.15) is 264 Å². The second-order valence-electron chi connectivity index (χ2n) is 18.1. The Labute approximate surface area is 394 Å². The third-order valence-corrected chi connectivity index (χ3v) is 12.8. The van der Waals surface area contributed by atoms with Crippen LogP contribution in [0.4, 0.5) is 0 Å². The number of phosphoric ester groups is 1. The Kier molecular flexibility index (Phi) is 49.2. The molecule has 64 heavy (non-hydrogen) atoms. The van der Waals surface area contributed by atoms with Crippen molar-refractivity contribution >= 4 is 19.8 Å². The summed E-state index contributed by atoms with van der Waals surface area (Å²) in [6.07, 6.45) is 59.2. The molecule has 9 nitrogen and oxygen atoms in total. The molecule has 0 bridgehead atoms. The van der Waals surface area contributed by atoms with E-state index in [2.05, 4.69) is 50.3 Å². The molecule has 0 heterocycles. The number of esters is 2. The Bertz CT molecular complexity index is 1140. The second kappa shape index (κ2) is 50.6. The minimum atomic E-state index is -4.39. The molecule has 3 N–H and O–H groups in total. The highest BCUT2D eigenvalue weighted by Crippen LogP contribution is 2.43. The summed E-state index contributed by atoms with van der Waals surface area (Å²) in [4.78, 5) is 35.0. The molecule has 2 unspecified atom stereocenters. The fourth-order valence-corrected chi connectivity index (χ4v) is 8.59. The van der Waals surface area contributed by atoms with Gasteiger partial charge in [-0.15, -0.1) is 0 Å². The molecule has 0 radical (unpaired) electrons. The van der Waals surface area contributed by atoms with Crippen LogP contribution in [0.3, 0.4) is 0 Å². The van der Waals surface area contributed by atoms with E-state index in [1.165, 1.54) is 161 Å². The zero-order valence-corrected chi connectivity index (χ0v) is 42.7. The monoisotopic (exact) mass is 924 g/mol. The van der Waals surface area contributed by atoms with Crippen molar-refractivity contribution in [2.24, 2.45) is 5.73 Å². The van der Waals surface area contributed by atoms with E-state index >= 15 is 0 Å². The molecule has 0 fully saturated rings. The van der Waals surface area contributed by atoms with Gasteiger partial charge < -0.3 is 20.1 Å². The molecule has 0 aromatic rings. The minimum Gasteiger partial charge on any atom is -0.462 e. The van der Waals surface area contributed by atoms with Gasteiger partial charge >= 0.3 is 19.8 Å². The number of unbranched alkanes of at least 4 members (excludes halogenated alkanes) is 32. The van der Waals surface area contributed by atoms with Crippen LogP contribution in [0, 0.1) is 0 Å². The fourth-order valence-electron chi connectivity index (χ4n) is 7.83. The Morgan fingerprint density at radius 1 is 0.484 bits per heavy atom. The van der Waals surface area contributed by atoms with Crippen LogP contribution in [0.25, 0.3) is 0 Å². The summed E-state index contributed by atoms with van der Waals surface area (Å²) in [5.41, 5.74) is 5.36. The highest BCUT2D eigenvalue weighted by atomic mass is 31.2. The van der Waals surface area contributed by atoms with E-state index in [0.717, 1.165) is 70.6 Å². The summed E-state index contributed by atoms with van der Waals surface area (Å²) in [5, 5.41) is 0. The Morgan fingerprint density at radius 3 is 1.28 bits per heavy atom. The van der Waals surface area contributed by atoms with Crippen LogP contribution < -0.4 is 5.73 Å². The molecule has 0 spiro atoms. The van der Waals surface area contributed by atoms with Gasteiger partial charge in [0.15, 0.2) is 6.10 Å². The Morgan fingerprint density at radius 2 is 0.859 bits per heavy atom. The standard InChI is InChI=1S/C54H102NO8P/c1-3-5-7-9-11-13-15-17-19-20-21-22-23-24-25-26-27-28-29-30-31-33-34-36-38-40-42-44-46-53(56)60-50-52(51-62-64(58,59)61-49-48-55)63-54(57)47-45-43-41-39-37-35-32-18-16-14-12-10-8-6-4-2/h6,8,12,14,18,32,52H,3-5,7,9-11,13,15-17,19-31,33-51,55H2,1-2H3,(H,58,59)/b8-6-,14-12-,32-18-. The van der Waals surface area contributed by atoms with Crippen LogP contribution >= 0.6 is 7.82 Å². The Hall–Kier alpha value is -1.77. The smallest absolute Gasteiger partial charge is 0.462 e. The molecule has 2 atom stereocenters. The van der Waals surface area contributed by atoms with Gasteiger partial charge in [-0.05, 0) is 44.9 Å². The predicted octanol–water partition coefficient (Wildman–Crippen LogP) is 16.5. The summed E-state index contributed by atoms with van der Waals surface area (Å²) in [6.45, 7) is 3.64. The quantitative estimate of drug-likeness (QED) is 0.0265. The van der Waals surface area contributed by atoms with Gasteiger partial charge in [-0.1, -0.05) is 243 Å². The summed E-state index contributed by atoms with van der Waals surface area (Å²) >= 11 is 0. The number of allylic oxidation sites excluding steroid dienone is 6. The number of rotatable bonds is 51. The van der Waals surface area contributed by atoms with Gasteiger partial charge in [0, 0.05) is 19.4 Å². The van der Waals surface area contributed by atoms with Crippen LogP contribution in [0.2, 0.25) is 0 Å². The van der Waals surface area contributed by atoms with Gasteiger partial charge in [0.05, 0.1) is 13.2 Å². The lowest BCUT2D eigenvalue weighted by Gasteiger charge is -2.19. The van der Waals surface area contributed by atoms with Crippen LogP contribution in [0.15, 0.2) is 36.5 Å². The van der Waals surface area contributed by atoms with E-state index in [4.69, 9.17) is 24.3 Å². The zero-order valence-electron chi connectivity index (χ0n) is 41.8. The van der Waals surface area contributed by atoms with E-state index in [-0.39, 0.29) is 38.6 Å². The van der Waals surface area contributed by atoms with Gasteiger partial charge in [-0.2, -0.15) is 0 Å². The van der Waals surface area contributed by atoms with Gasteiger partial charge in [0.2, 0.25) is 0 Å². The first-order valence-corrected chi connectivity index (χ1v) is 28.5. The molecule has 0 amide bonds. The third kappa shape index (κ3) is 49.7. The van der Waals surface area contributed by atoms with Gasteiger partial charge in [-0.3, -0.25) is 18.6 Å². The van der Waals surface area contributed by atoms with E-state index < -0.39 is 26.5 Å². The van der Waals surface area contributed by atoms with E-state index in [1.807, 2.05) is 0 Å². The topological polar surface area (TPSA) is 134 Å². The molecule has 0 aromatic carbocycles. The van der Waals surface area contributed by atoms with Gasteiger partial charge in [0.25, 0.3) is 0 Å². The summed E-state index contributed by atoms with van der Waals surface area (Å²) in [6, 6.07) is 0. The summed E-state index contributed by atoms with van der Waals surface area (Å²) in [5.74, 6) is -0.837. The number of carbonyl (C=O) groups is 2. The molecular weight excluding hydrogens is 822 g/mol. The molecule has 0 saturated heterocycles. The second-order valence-corrected chi connectivity index (χ2v) is 19.5. The maximum absolute atomic E-state index is 12.6. The molecule has 376 valence electrons. The van der Waals surface area contributed by atoms with Crippen LogP contribution in [0.5, 0.6) is 0 Å². The molecule has 0 aromatic heterocycles. The predicted molar refractivity (Wildman–Crippen MR) is 270 cm³/mol. The minimum absolute atomic E-state index is 0.0509. The average Bonchev–Trinajstić information content (AvgIpc) is 3.28. The van der Waals surface area contributed by atoms with Crippen molar-refractivity contribution in [2.45, 2.75) is 270 Å². The first-order chi connectivity index (χ1) is 31.3. The van der Waals surface area contributed by atoms with Crippen molar-refractivity contribution < 1.29 is 37.6 Å². The maximum atomic E-state index is 12.6. The normalized spacial score (nSPS) is 13.4. The third-order valence-electron chi connectivity index (χ3n) is 11.8. The van der Waals surface area contributed by atoms with E-state index in [0.29, 0.717) is 6.42 Å². The van der Waals surface area contributed by atoms with Crippen LogP contribution in [-0.2, 0) is 32.7 Å². The number of carbonyl (C=O) groups excluding carboxylic acids is 2. The first kappa shape index (κ1) is 62.2. The van der Waals surface area contributed by atoms with Crippen LogP contribution in [-0.4, -0.2) is 49.3 Å². The molecule has 0 saturated carbocycles. The van der Waals surface area contributed by atoms with Gasteiger partial charge in [-0.25, -0.2) is 4.57 Å². The van der Waals surface area contributed by atoms with Gasteiger partial charge in [0.1, 0.15) is 6.61 Å². The molecule has 0 aliphatic rings. The first-order valence-electron chi connectivity index (χ1n) is 27.0. The number of phosphoric acid groups is 1. The molecule has 0 aliphatic carbocycles. The van der Waals surface area contributed by atoms with Crippen molar-refractivity contribution in [3.05, 3.63) is 36.5 Å². The average molecular weight is 924 g/mol. The number of ether oxygens (including phenoxy) is 2.